The topological polar surface area (TPSA) is 47.5 Å². The fourth-order valence-electron chi connectivity index (χ4n) is 5.23. The van der Waals surface area contributed by atoms with Crippen molar-refractivity contribution >= 4 is 5.91 Å². The number of nitrogens with zero attached hydrogens (tertiary/aromatic N) is 1. The van der Waals surface area contributed by atoms with Gasteiger partial charge in [-0.25, -0.2) is 6.57 Å². The van der Waals surface area contributed by atoms with Crippen molar-refractivity contribution in [2.24, 2.45) is 23.5 Å². The maximum Gasteiger partial charge on any atom is 0.235 e. The number of primary amides is 1. The normalized spacial score (nSPS) is 34.4. The minimum absolute atomic E-state index is 0.121. The van der Waals surface area contributed by atoms with E-state index < -0.39 is 0 Å². The van der Waals surface area contributed by atoms with Crippen LogP contribution in [0.4, 0.5) is 0 Å². The van der Waals surface area contributed by atoms with Crippen LogP contribution in [-0.2, 0) is 17.6 Å². The zero-order chi connectivity index (χ0) is 17.1. The Morgan fingerprint density at radius 2 is 1.48 bits per heavy atom. The predicted octanol–water partition coefficient (Wildman–Crippen LogP) is 3.30. The molecule has 1 amide bonds. The van der Waals surface area contributed by atoms with Crippen LogP contribution in [0.1, 0.15) is 34.1 Å². The maximum atomic E-state index is 11.0. The zero-order valence-electron chi connectivity index (χ0n) is 13.9. The zero-order valence-corrected chi connectivity index (χ0v) is 13.9. The molecule has 4 aliphatic carbocycles. The van der Waals surface area contributed by atoms with Crippen LogP contribution in [-0.4, -0.2) is 11.9 Å². The smallest absolute Gasteiger partial charge is 0.235 e. The van der Waals surface area contributed by atoms with E-state index in [2.05, 4.69) is 47.3 Å². The van der Waals surface area contributed by atoms with E-state index in [0.717, 1.165) is 12.8 Å². The van der Waals surface area contributed by atoms with Crippen molar-refractivity contribution in [2.45, 2.75) is 30.7 Å². The van der Waals surface area contributed by atoms with Crippen molar-refractivity contribution in [1.29, 1.82) is 0 Å². The van der Waals surface area contributed by atoms with Gasteiger partial charge in [0, 0.05) is 5.92 Å². The molecule has 2 saturated carbocycles. The lowest BCUT2D eigenvalue weighted by molar-refractivity contribution is -0.119. The molecule has 2 aromatic rings. The van der Waals surface area contributed by atoms with E-state index >= 15 is 0 Å². The minimum atomic E-state index is -0.121. The molecular formula is C22H20N2O. The predicted molar refractivity (Wildman–Crippen MR) is 95.8 cm³/mol. The molecule has 4 aliphatic rings. The Hall–Kier alpha value is -2.60. The maximum absolute atomic E-state index is 11.0. The number of fused-ring (bicyclic) bond motifs is 6. The minimum Gasteiger partial charge on any atom is -0.369 e. The number of amides is 1. The van der Waals surface area contributed by atoms with Crippen LogP contribution in [0.25, 0.3) is 4.85 Å². The highest BCUT2D eigenvalue weighted by Crippen LogP contribution is 2.61. The molecule has 3 heteroatoms. The summed E-state index contributed by atoms with van der Waals surface area (Å²) in [6.45, 7) is 6.98. The highest BCUT2D eigenvalue weighted by atomic mass is 16.1. The highest BCUT2D eigenvalue weighted by Gasteiger charge is 2.62. The summed E-state index contributed by atoms with van der Waals surface area (Å²) in [5, 5.41) is 0. The second kappa shape index (κ2) is 5.20. The van der Waals surface area contributed by atoms with Crippen LogP contribution < -0.4 is 5.73 Å². The Kier molecular flexibility index (Phi) is 3.06. The summed E-state index contributed by atoms with van der Waals surface area (Å²) in [5.74, 6) is 2.25. The number of hydrogen-bond acceptors (Lipinski definition) is 1. The second-order valence-electron chi connectivity index (χ2n) is 7.73. The fourth-order valence-corrected chi connectivity index (χ4v) is 5.23. The number of nitrogens with two attached hydrogens (primary N) is 1. The van der Waals surface area contributed by atoms with E-state index in [-0.39, 0.29) is 11.8 Å². The molecule has 25 heavy (non-hydrogen) atoms. The Bertz CT molecular complexity index is 912. The first-order valence-corrected chi connectivity index (χ1v) is 9.02. The fraction of sp³-hybridized carbons (Fsp3) is 0.364. The Labute approximate surface area is 147 Å². The van der Waals surface area contributed by atoms with Crippen LogP contribution in [0.2, 0.25) is 0 Å². The number of carbonyl (C=O) groups excluding carboxylic acids is 1. The third-order valence-corrected chi connectivity index (χ3v) is 6.51. The third-order valence-electron chi connectivity index (χ3n) is 6.51. The molecule has 6 atom stereocenters. The van der Waals surface area contributed by atoms with Crippen molar-refractivity contribution in [1.82, 2.24) is 0 Å². The number of carbonyl (C=O) groups is 1. The van der Waals surface area contributed by atoms with E-state index in [1.165, 1.54) is 22.3 Å². The molecule has 6 rings (SSSR count). The van der Waals surface area contributed by atoms with Gasteiger partial charge in [-0.1, -0.05) is 48.5 Å². The molecule has 0 bridgehead atoms. The Balaban J connectivity index is 0.000000112. The van der Waals surface area contributed by atoms with E-state index in [9.17, 15) is 4.79 Å². The highest BCUT2D eigenvalue weighted by molar-refractivity contribution is 5.83. The summed E-state index contributed by atoms with van der Waals surface area (Å²) in [7, 11) is 0. The molecule has 0 radical (unpaired) electrons. The second-order valence-corrected chi connectivity index (χ2v) is 7.73. The van der Waals surface area contributed by atoms with E-state index in [4.69, 9.17) is 12.3 Å². The van der Waals surface area contributed by atoms with E-state index in [1.807, 2.05) is 6.07 Å². The number of rotatable bonds is 1. The van der Waals surface area contributed by atoms with Crippen LogP contribution in [0, 0.1) is 24.3 Å². The molecule has 2 fully saturated rings. The van der Waals surface area contributed by atoms with Gasteiger partial charge in [0.1, 0.15) is 0 Å². The van der Waals surface area contributed by atoms with Gasteiger partial charge < -0.3 is 10.6 Å². The molecule has 2 aromatic carbocycles. The first-order valence-electron chi connectivity index (χ1n) is 9.02. The molecule has 0 spiro atoms. The number of benzene rings is 2. The average Bonchev–Trinajstić information content (AvgIpc) is 3.43. The lowest BCUT2D eigenvalue weighted by atomic mass is 10.0. The third kappa shape index (κ3) is 2.14. The number of hydrogen-bond donors (Lipinski definition) is 1. The average molecular weight is 328 g/mol. The molecule has 3 unspecified atom stereocenters. The summed E-state index contributed by atoms with van der Waals surface area (Å²) in [4.78, 5) is 14.6. The van der Waals surface area contributed by atoms with Gasteiger partial charge >= 0.3 is 0 Å². The van der Waals surface area contributed by atoms with Gasteiger partial charge in [-0.3, -0.25) is 4.79 Å². The first kappa shape index (κ1) is 14.7. The molecule has 0 saturated heterocycles. The van der Waals surface area contributed by atoms with Crippen molar-refractivity contribution in [2.75, 3.05) is 0 Å². The van der Waals surface area contributed by atoms with Gasteiger partial charge in [0.15, 0.2) is 0 Å². The summed E-state index contributed by atoms with van der Waals surface area (Å²) < 4.78 is 0. The molecule has 2 N–H and O–H groups in total. The summed E-state index contributed by atoms with van der Waals surface area (Å²) in [6, 6.07) is 17.3. The van der Waals surface area contributed by atoms with Crippen LogP contribution in [0.15, 0.2) is 48.5 Å². The van der Waals surface area contributed by atoms with Crippen molar-refractivity contribution in [3.63, 3.8) is 0 Å². The molecular weight excluding hydrogens is 308 g/mol. The summed E-state index contributed by atoms with van der Waals surface area (Å²) >= 11 is 0. The van der Waals surface area contributed by atoms with E-state index in [1.54, 1.807) is 0 Å². The van der Waals surface area contributed by atoms with Crippen molar-refractivity contribution in [3.8, 4) is 0 Å². The first-order chi connectivity index (χ1) is 12.2. The van der Waals surface area contributed by atoms with Gasteiger partial charge in [0.05, 0.1) is 11.8 Å². The standard InChI is InChI=1S/C11H11NO.C11H9N/c12-11(13)10-8-5-6-3-1-2-4-7(6)9(8)10;1-12-11-9-6-7-4-2-3-5-8(7)10(9)11/h1-4,8-10H,5H2,(H2,12,13);2-5,9-11H,6H2/t;9-,10+,11+/m.1/s1. The van der Waals surface area contributed by atoms with Crippen LogP contribution >= 0.6 is 0 Å². The quantitative estimate of drug-likeness (QED) is 0.802. The monoisotopic (exact) mass is 328 g/mol. The van der Waals surface area contributed by atoms with Crippen molar-refractivity contribution < 1.29 is 4.79 Å². The molecule has 124 valence electrons. The Morgan fingerprint density at radius 1 is 0.920 bits per heavy atom. The lowest BCUT2D eigenvalue weighted by Crippen LogP contribution is -2.16. The lowest BCUT2D eigenvalue weighted by Gasteiger charge is -2.03. The van der Waals surface area contributed by atoms with Gasteiger partial charge in [0.25, 0.3) is 0 Å². The van der Waals surface area contributed by atoms with Gasteiger partial charge in [-0.05, 0) is 46.9 Å². The van der Waals surface area contributed by atoms with Crippen LogP contribution in [0.5, 0.6) is 0 Å². The van der Waals surface area contributed by atoms with Gasteiger partial charge in [-0.2, -0.15) is 0 Å². The van der Waals surface area contributed by atoms with Gasteiger partial charge in [0.2, 0.25) is 11.9 Å². The van der Waals surface area contributed by atoms with Gasteiger partial charge in [-0.15, -0.1) is 0 Å². The summed E-state index contributed by atoms with van der Waals surface area (Å²) in [6.07, 6.45) is 2.20. The molecule has 0 heterocycles. The Morgan fingerprint density at radius 3 is 2.08 bits per heavy atom. The van der Waals surface area contributed by atoms with E-state index in [0.29, 0.717) is 29.7 Å². The largest absolute Gasteiger partial charge is 0.369 e. The SMILES string of the molecule is NC(=O)C1C2Cc3ccccc3C21.[C-]#[N+][C@H]1[C@@H]2Cc3ccccc3[C@@H]21. The van der Waals surface area contributed by atoms with Crippen LogP contribution in [0.3, 0.4) is 0 Å². The molecule has 0 aromatic heterocycles. The summed E-state index contributed by atoms with van der Waals surface area (Å²) in [5.41, 5.74) is 11.0. The molecule has 0 aliphatic heterocycles. The molecule has 3 nitrogen and oxygen atoms in total. The van der Waals surface area contributed by atoms with Crippen molar-refractivity contribution in [3.05, 3.63) is 82.2 Å².